The molecule has 3 aromatic rings. The lowest BCUT2D eigenvalue weighted by atomic mass is 9.82. The third-order valence-corrected chi connectivity index (χ3v) is 9.73. The molecule has 6 heterocycles. The van der Waals surface area contributed by atoms with Gasteiger partial charge in [0, 0.05) is 48.6 Å². The summed E-state index contributed by atoms with van der Waals surface area (Å²) in [5.41, 5.74) is -2.04. The van der Waals surface area contributed by atoms with Gasteiger partial charge in [-0.25, -0.2) is 4.98 Å². The Hall–Kier alpha value is -2.93. The van der Waals surface area contributed by atoms with Crippen LogP contribution in [0.5, 0.6) is 11.6 Å². The molecule has 0 amide bonds. The van der Waals surface area contributed by atoms with Crippen LogP contribution in [-0.4, -0.2) is 75.2 Å². The molecule has 42 heavy (non-hydrogen) atoms. The molecule has 2 unspecified atom stereocenters. The molecule has 4 aliphatic heterocycles. The Kier molecular flexibility index (Phi) is 6.87. The summed E-state index contributed by atoms with van der Waals surface area (Å²) >= 11 is 5.92. The molecular weight excluding hydrogens is 573 g/mol. The highest BCUT2D eigenvalue weighted by Crippen LogP contribution is 2.42. The average molecular weight is 605 g/mol. The lowest BCUT2D eigenvalue weighted by molar-refractivity contribution is -0.137. The monoisotopic (exact) mass is 604 g/mol. The molecule has 13 heteroatoms. The lowest BCUT2D eigenvalue weighted by Gasteiger charge is -2.40. The van der Waals surface area contributed by atoms with E-state index in [2.05, 4.69) is 20.6 Å². The van der Waals surface area contributed by atoms with E-state index in [9.17, 15) is 23.1 Å². The second-order valence-electron chi connectivity index (χ2n) is 12.1. The molecular formula is C29H32ClF3N6O3. The molecule has 3 N–H and O–H groups in total. The quantitative estimate of drug-likeness (QED) is 0.402. The first-order valence-corrected chi connectivity index (χ1v) is 14.9. The second kappa shape index (κ2) is 10.4. The van der Waals surface area contributed by atoms with E-state index in [-0.39, 0.29) is 34.8 Å². The van der Waals surface area contributed by atoms with Crippen molar-refractivity contribution in [2.45, 2.75) is 68.2 Å². The SMILES string of the molecule is O=c1c2cc(OCC34CCCN3CCC4)nc(C3CC4CNCC(C3)N4)c2cnn1-c1cc(O)cc(Cl)c1C(F)(F)F. The summed E-state index contributed by atoms with van der Waals surface area (Å²) < 4.78 is 49.2. The van der Waals surface area contributed by atoms with Crippen LogP contribution in [0.2, 0.25) is 5.02 Å². The fourth-order valence-corrected chi connectivity index (χ4v) is 7.90. The number of nitrogens with one attached hydrogen (secondary N) is 2. The fraction of sp³-hybridized carbons (Fsp3) is 0.552. The van der Waals surface area contributed by atoms with Gasteiger partial charge in [-0.2, -0.15) is 23.0 Å². The highest BCUT2D eigenvalue weighted by atomic mass is 35.5. The van der Waals surface area contributed by atoms with Crippen LogP contribution in [0.3, 0.4) is 0 Å². The van der Waals surface area contributed by atoms with Crippen molar-refractivity contribution >= 4 is 22.4 Å². The van der Waals surface area contributed by atoms with Crippen LogP contribution in [0.1, 0.15) is 55.7 Å². The first-order chi connectivity index (χ1) is 20.1. The molecule has 224 valence electrons. The number of phenols is 1. The summed E-state index contributed by atoms with van der Waals surface area (Å²) in [5, 5.41) is 21.2. The van der Waals surface area contributed by atoms with Crippen LogP contribution >= 0.6 is 11.6 Å². The number of rotatable bonds is 5. The third-order valence-electron chi connectivity index (χ3n) is 9.43. The van der Waals surface area contributed by atoms with Crippen molar-refractivity contribution in [3.63, 3.8) is 0 Å². The Morgan fingerprint density at radius 3 is 2.50 bits per heavy atom. The van der Waals surface area contributed by atoms with Gasteiger partial charge in [0.05, 0.1) is 33.5 Å². The van der Waals surface area contributed by atoms with Gasteiger partial charge in [-0.15, -0.1) is 0 Å². The molecule has 2 atom stereocenters. The summed E-state index contributed by atoms with van der Waals surface area (Å²) in [5.74, 6) is -0.213. The number of halogens is 4. The van der Waals surface area contributed by atoms with Gasteiger partial charge in [-0.1, -0.05) is 11.6 Å². The summed E-state index contributed by atoms with van der Waals surface area (Å²) in [6.07, 6.45) is 2.37. The summed E-state index contributed by atoms with van der Waals surface area (Å²) in [4.78, 5) is 21.4. The number of aromatic nitrogens is 3. The zero-order valence-corrected chi connectivity index (χ0v) is 23.6. The van der Waals surface area contributed by atoms with Gasteiger partial charge in [0.2, 0.25) is 5.88 Å². The van der Waals surface area contributed by atoms with Crippen LogP contribution in [0.25, 0.3) is 16.5 Å². The van der Waals surface area contributed by atoms with Gasteiger partial charge in [-0.3, -0.25) is 9.69 Å². The predicted octanol–water partition coefficient (Wildman–Crippen LogP) is 3.97. The molecule has 4 fully saturated rings. The second-order valence-corrected chi connectivity index (χ2v) is 12.5. The van der Waals surface area contributed by atoms with E-state index in [0.717, 1.165) is 76.8 Å². The van der Waals surface area contributed by atoms with Crippen LogP contribution in [0, 0.1) is 0 Å². The number of pyridine rings is 1. The number of hydrogen-bond acceptors (Lipinski definition) is 8. The molecule has 0 aliphatic carbocycles. The minimum Gasteiger partial charge on any atom is -0.508 e. The van der Waals surface area contributed by atoms with Crippen molar-refractivity contribution < 1.29 is 23.0 Å². The van der Waals surface area contributed by atoms with Gasteiger partial charge < -0.3 is 20.5 Å². The van der Waals surface area contributed by atoms with Crippen molar-refractivity contribution in [1.29, 1.82) is 0 Å². The Bertz CT molecular complexity index is 1580. The van der Waals surface area contributed by atoms with Crippen molar-refractivity contribution in [3.8, 4) is 17.3 Å². The van der Waals surface area contributed by atoms with E-state index in [1.54, 1.807) is 0 Å². The largest absolute Gasteiger partial charge is 0.508 e. The molecule has 0 saturated carbocycles. The predicted molar refractivity (Wildman–Crippen MR) is 151 cm³/mol. The third kappa shape index (κ3) is 4.82. The maximum atomic E-state index is 14.1. The molecule has 4 aliphatic rings. The lowest BCUT2D eigenvalue weighted by Crippen LogP contribution is -2.58. The van der Waals surface area contributed by atoms with E-state index in [0.29, 0.717) is 22.4 Å². The number of ether oxygens (including phenoxy) is 1. The first-order valence-electron chi connectivity index (χ1n) is 14.5. The number of alkyl halides is 3. The molecule has 2 bridgehead atoms. The standard InChI is InChI=1S/C29H32ClF3N6O3/c30-22-9-19(40)10-23(25(22)29(31,32)33)39-27(41)20-11-24(42-15-28-3-1-5-38(28)6-2-4-28)37-26(21(20)14-35-39)16-7-17-12-34-13-18(8-16)36-17/h9-11,14,16-18,34,36,40H,1-8,12-13,15H2. The average Bonchev–Trinajstić information content (AvgIpc) is 3.51. The molecule has 9 nitrogen and oxygen atoms in total. The zero-order valence-electron chi connectivity index (χ0n) is 22.9. The van der Waals surface area contributed by atoms with Crippen molar-refractivity contribution in [3.05, 3.63) is 51.0 Å². The molecule has 4 saturated heterocycles. The highest BCUT2D eigenvalue weighted by Gasteiger charge is 2.45. The number of piperazine rings is 1. The molecule has 0 radical (unpaired) electrons. The summed E-state index contributed by atoms with van der Waals surface area (Å²) in [6.45, 7) is 4.16. The highest BCUT2D eigenvalue weighted by molar-refractivity contribution is 6.31. The van der Waals surface area contributed by atoms with Gasteiger partial charge in [-0.05, 0) is 57.7 Å². The van der Waals surface area contributed by atoms with Gasteiger partial charge in [0.15, 0.2) is 0 Å². The van der Waals surface area contributed by atoms with Gasteiger partial charge in [0.1, 0.15) is 17.9 Å². The minimum absolute atomic E-state index is 0.0139. The van der Waals surface area contributed by atoms with E-state index in [4.69, 9.17) is 21.3 Å². The van der Waals surface area contributed by atoms with Crippen molar-refractivity contribution in [2.75, 3.05) is 32.8 Å². The Balaban J connectivity index is 1.36. The minimum atomic E-state index is -4.89. The molecule has 7 rings (SSSR count). The number of piperidine rings is 1. The van der Waals surface area contributed by atoms with Crippen molar-refractivity contribution in [1.82, 2.24) is 30.3 Å². The summed E-state index contributed by atoms with van der Waals surface area (Å²) in [6, 6.07) is 3.65. The molecule has 1 aromatic carbocycles. The van der Waals surface area contributed by atoms with Gasteiger partial charge in [0.25, 0.3) is 5.56 Å². The van der Waals surface area contributed by atoms with E-state index in [1.807, 2.05) is 0 Å². The number of aromatic hydroxyl groups is 1. The van der Waals surface area contributed by atoms with E-state index in [1.165, 1.54) is 12.3 Å². The van der Waals surface area contributed by atoms with Crippen LogP contribution < -0.4 is 20.9 Å². The number of benzene rings is 1. The van der Waals surface area contributed by atoms with E-state index < -0.39 is 33.8 Å². The maximum Gasteiger partial charge on any atom is 0.419 e. The van der Waals surface area contributed by atoms with Crippen LogP contribution in [-0.2, 0) is 6.18 Å². The Labute approximate surface area is 245 Å². The number of nitrogens with zero attached hydrogens (tertiary/aromatic N) is 4. The summed E-state index contributed by atoms with van der Waals surface area (Å²) in [7, 11) is 0. The topological polar surface area (TPSA) is 105 Å². The normalized spacial score (nSPS) is 25.6. The zero-order chi connectivity index (χ0) is 29.2. The maximum absolute atomic E-state index is 14.1. The number of hydrogen-bond donors (Lipinski definition) is 3. The fourth-order valence-electron chi connectivity index (χ4n) is 7.59. The molecule has 2 aromatic heterocycles. The Morgan fingerprint density at radius 2 is 1.81 bits per heavy atom. The number of phenolic OH excluding ortho intramolecular Hbond substituents is 1. The van der Waals surface area contributed by atoms with E-state index >= 15 is 0 Å². The first kappa shape index (κ1) is 27.9. The molecule has 0 spiro atoms. The van der Waals surface area contributed by atoms with Crippen LogP contribution in [0.15, 0.2) is 29.2 Å². The smallest absolute Gasteiger partial charge is 0.419 e. The Morgan fingerprint density at radius 1 is 1.10 bits per heavy atom. The van der Waals surface area contributed by atoms with Crippen molar-refractivity contribution in [2.24, 2.45) is 0 Å². The van der Waals surface area contributed by atoms with Gasteiger partial charge >= 0.3 is 6.18 Å². The number of fused-ring (bicyclic) bond motifs is 4. The van der Waals surface area contributed by atoms with Crippen LogP contribution in [0.4, 0.5) is 13.2 Å².